The SMILES string of the molecule is CCOC(=O)c1cn2c3c(cc(SCc4cc(C)on4)cc3c1=O)Oc1cc3ccccc3cc1-2. The highest BCUT2D eigenvalue weighted by atomic mass is 32.2. The predicted octanol–water partition coefficient (Wildman–Crippen LogP) is 6.02. The molecule has 1 aliphatic rings. The maximum atomic E-state index is 13.4. The van der Waals surface area contributed by atoms with E-state index in [-0.39, 0.29) is 17.6 Å². The molecule has 2 aromatic heterocycles. The molecule has 3 heterocycles. The fourth-order valence-electron chi connectivity index (χ4n) is 4.35. The first-order valence-corrected chi connectivity index (χ1v) is 12.2. The van der Waals surface area contributed by atoms with Gasteiger partial charge in [0.25, 0.3) is 0 Å². The van der Waals surface area contributed by atoms with Crippen LogP contribution in [0.1, 0.15) is 28.7 Å². The lowest BCUT2D eigenvalue weighted by Gasteiger charge is -2.25. The summed E-state index contributed by atoms with van der Waals surface area (Å²) in [5.41, 5.74) is 1.78. The van der Waals surface area contributed by atoms with Gasteiger partial charge in [-0.3, -0.25) is 4.79 Å². The molecule has 0 radical (unpaired) electrons. The highest BCUT2D eigenvalue weighted by molar-refractivity contribution is 7.98. The van der Waals surface area contributed by atoms with Crippen LogP contribution in [-0.4, -0.2) is 22.3 Å². The molecule has 0 aliphatic carbocycles. The van der Waals surface area contributed by atoms with Crippen molar-refractivity contribution < 1.29 is 18.8 Å². The lowest BCUT2D eigenvalue weighted by Crippen LogP contribution is -2.22. The van der Waals surface area contributed by atoms with Crippen LogP contribution in [-0.2, 0) is 10.5 Å². The standard InChI is InChI=1S/C27H20N2O5S/c1-3-32-27(31)21-13-29-22-9-16-6-4-5-7-17(16)10-23(22)33-24-12-19(11-20(25(24)29)26(21)30)35-14-18-8-15(2)34-28-18/h4-13H,3,14H2,1-2H3. The van der Waals surface area contributed by atoms with E-state index in [4.69, 9.17) is 14.0 Å². The van der Waals surface area contributed by atoms with Gasteiger partial charge in [0.1, 0.15) is 16.8 Å². The van der Waals surface area contributed by atoms with E-state index in [0.29, 0.717) is 28.2 Å². The molecule has 0 bridgehead atoms. The van der Waals surface area contributed by atoms with Crippen molar-refractivity contribution in [3.63, 3.8) is 0 Å². The number of aryl methyl sites for hydroxylation is 1. The molecule has 0 saturated carbocycles. The van der Waals surface area contributed by atoms with Crippen LogP contribution < -0.4 is 10.2 Å². The van der Waals surface area contributed by atoms with Crippen LogP contribution in [0.15, 0.2) is 75.0 Å². The third-order valence-corrected chi connectivity index (χ3v) is 6.91. The Hall–Kier alpha value is -4.04. The monoisotopic (exact) mass is 484 g/mol. The number of hydrogen-bond donors (Lipinski definition) is 0. The highest BCUT2D eigenvalue weighted by Crippen LogP contribution is 2.43. The van der Waals surface area contributed by atoms with E-state index in [2.05, 4.69) is 5.16 Å². The fourth-order valence-corrected chi connectivity index (χ4v) is 5.19. The number of fused-ring (bicyclic) bond motifs is 3. The zero-order valence-electron chi connectivity index (χ0n) is 19.0. The summed E-state index contributed by atoms with van der Waals surface area (Å²) in [6.45, 7) is 3.74. The molecular formula is C27H20N2O5S. The number of thioether (sulfide) groups is 1. The smallest absolute Gasteiger partial charge is 0.343 e. The maximum Gasteiger partial charge on any atom is 0.343 e. The van der Waals surface area contributed by atoms with Crippen LogP contribution in [0.25, 0.3) is 27.4 Å². The third-order valence-electron chi connectivity index (χ3n) is 5.90. The normalized spacial score (nSPS) is 11.9. The third kappa shape index (κ3) is 3.66. The molecule has 6 rings (SSSR count). The zero-order valence-corrected chi connectivity index (χ0v) is 19.8. The maximum absolute atomic E-state index is 13.4. The first-order valence-electron chi connectivity index (χ1n) is 11.2. The van der Waals surface area contributed by atoms with Crippen LogP contribution in [0.2, 0.25) is 0 Å². The van der Waals surface area contributed by atoms with Crippen molar-refractivity contribution in [2.45, 2.75) is 24.5 Å². The quantitative estimate of drug-likeness (QED) is 0.219. The number of carbonyl (C=O) groups is 1. The molecule has 7 nitrogen and oxygen atoms in total. The Kier molecular flexibility index (Phi) is 5.11. The van der Waals surface area contributed by atoms with Crippen LogP contribution in [0.4, 0.5) is 0 Å². The van der Waals surface area contributed by atoms with Crippen molar-refractivity contribution in [2.75, 3.05) is 6.61 Å². The van der Waals surface area contributed by atoms with Gasteiger partial charge in [0, 0.05) is 22.9 Å². The average molecular weight is 485 g/mol. The molecule has 0 spiro atoms. The Labute approximate surface area is 204 Å². The Balaban J connectivity index is 1.57. The van der Waals surface area contributed by atoms with Gasteiger partial charge in [-0.25, -0.2) is 4.79 Å². The summed E-state index contributed by atoms with van der Waals surface area (Å²) < 4.78 is 18.5. The number of aromatic nitrogens is 2. The molecule has 0 N–H and O–H groups in total. The molecular weight excluding hydrogens is 464 g/mol. The number of hydrogen-bond acceptors (Lipinski definition) is 7. The minimum Gasteiger partial charge on any atom is -0.462 e. The van der Waals surface area contributed by atoms with E-state index in [1.54, 1.807) is 19.2 Å². The minimum atomic E-state index is -0.644. The van der Waals surface area contributed by atoms with Crippen molar-refractivity contribution in [3.8, 4) is 17.2 Å². The number of pyridine rings is 1. The van der Waals surface area contributed by atoms with Gasteiger partial charge in [0.15, 0.2) is 11.5 Å². The Morgan fingerprint density at radius 3 is 2.63 bits per heavy atom. The molecule has 3 aromatic carbocycles. The molecule has 35 heavy (non-hydrogen) atoms. The topological polar surface area (TPSA) is 83.6 Å². The first-order chi connectivity index (χ1) is 17.0. The molecule has 0 amide bonds. The van der Waals surface area contributed by atoms with Crippen molar-refractivity contribution in [1.82, 2.24) is 9.72 Å². The molecule has 0 saturated heterocycles. The molecule has 0 fully saturated rings. The second-order valence-electron chi connectivity index (χ2n) is 8.27. The summed E-state index contributed by atoms with van der Waals surface area (Å²) in [6, 6.07) is 17.5. The summed E-state index contributed by atoms with van der Waals surface area (Å²) in [5.74, 6) is 1.86. The molecule has 8 heteroatoms. The van der Waals surface area contributed by atoms with Crippen LogP contribution in [0.5, 0.6) is 11.5 Å². The minimum absolute atomic E-state index is 0.0133. The molecule has 5 aromatic rings. The van der Waals surface area contributed by atoms with Crippen LogP contribution in [0, 0.1) is 6.92 Å². The predicted molar refractivity (Wildman–Crippen MR) is 134 cm³/mol. The van der Waals surface area contributed by atoms with Crippen molar-refractivity contribution in [3.05, 3.63) is 88.0 Å². The summed E-state index contributed by atoms with van der Waals surface area (Å²) >= 11 is 1.51. The number of nitrogens with zero attached hydrogens (tertiary/aromatic N) is 2. The van der Waals surface area contributed by atoms with Gasteiger partial charge in [-0.1, -0.05) is 29.4 Å². The molecule has 0 atom stereocenters. The highest BCUT2D eigenvalue weighted by Gasteiger charge is 2.26. The zero-order chi connectivity index (χ0) is 24.1. The summed E-state index contributed by atoms with van der Waals surface area (Å²) in [6.07, 6.45) is 1.56. The van der Waals surface area contributed by atoms with Gasteiger partial charge in [-0.2, -0.15) is 0 Å². The fraction of sp³-hybridized carbons (Fsp3) is 0.148. The van der Waals surface area contributed by atoms with Crippen molar-refractivity contribution in [1.29, 1.82) is 0 Å². The van der Waals surface area contributed by atoms with E-state index >= 15 is 0 Å². The summed E-state index contributed by atoms with van der Waals surface area (Å²) in [7, 11) is 0. The summed E-state index contributed by atoms with van der Waals surface area (Å²) in [4.78, 5) is 27.0. The molecule has 0 unspecified atom stereocenters. The van der Waals surface area contributed by atoms with Gasteiger partial charge in [0.05, 0.1) is 23.4 Å². The van der Waals surface area contributed by atoms with Gasteiger partial charge in [-0.05, 0) is 48.9 Å². The van der Waals surface area contributed by atoms with Crippen LogP contribution in [0.3, 0.4) is 0 Å². The number of rotatable bonds is 5. The molecule has 1 aliphatic heterocycles. The van der Waals surface area contributed by atoms with Crippen LogP contribution >= 0.6 is 11.8 Å². The van der Waals surface area contributed by atoms with Crippen molar-refractivity contribution in [2.24, 2.45) is 0 Å². The second kappa shape index (κ2) is 8.32. The Morgan fingerprint density at radius 2 is 1.89 bits per heavy atom. The largest absolute Gasteiger partial charge is 0.462 e. The van der Waals surface area contributed by atoms with E-state index < -0.39 is 5.97 Å². The first kappa shape index (κ1) is 21.5. The van der Waals surface area contributed by atoms with Gasteiger partial charge < -0.3 is 18.6 Å². The lowest BCUT2D eigenvalue weighted by atomic mass is 10.1. The Bertz CT molecular complexity index is 1700. The van der Waals surface area contributed by atoms with Gasteiger partial charge in [-0.15, -0.1) is 11.8 Å². The van der Waals surface area contributed by atoms with E-state index in [0.717, 1.165) is 32.8 Å². The van der Waals surface area contributed by atoms with Gasteiger partial charge in [0.2, 0.25) is 5.43 Å². The average Bonchev–Trinajstić information content (AvgIpc) is 3.28. The Morgan fingerprint density at radius 1 is 1.09 bits per heavy atom. The van der Waals surface area contributed by atoms with E-state index in [9.17, 15) is 9.59 Å². The second-order valence-corrected chi connectivity index (χ2v) is 9.32. The number of benzene rings is 3. The number of carbonyl (C=O) groups excluding carboxylic acids is 1. The number of esters is 1. The van der Waals surface area contributed by atoms with Gasteiger partial charge >= 0.3 is 5.97 Å². The van der Waals surface area contributed by atoms with Crippen molar-refractivity contribution >= 4 is 39.4 Å². The number of ether oxygens (including phenoxy) is 2. The lowest BCUT2D eigenvalue weighted by molar-refractivity contribution is 0.0524. The van der Waals surface area contributed by atoms with E-state index in [1.165, 1.54) is 11.8 Å². The molecule has 174 valence electrons. The summed E-state index contributed by atoms with van der Waals surface area (Å²) in [5, 5.41) is 6.49. The van der Waals surface area contributed by atoms with E-state index in [1.807, 2.05) is 60.0 Å².